The number of carbonyl (C=O) groups excluding carboxylic acids is 1. The molecule has 5 nitrogen and oxygen atoms in total. The molecule has 0 atom stereocenters. The van der Waals surface area contributed by atoms with Crippen molar-refractivity contribution in [2.45, 2.75) is 44.8 Å². The van der Waals surface area contributed by atoms with Crippen molar-refractivity contribution < 1.29 is 9.53 Å². The van der Waals surface area contributed by atoms with Gasteiger partial charge >= 0.3 is 0 Å². The minimum Gasteiger partial charge on any atom is -0.474 e. The Balaban J connectivity index is 1.48. The van der Waals surface area contributed by atoms with E-state index in [0.717, 1.165) is 31.2 Å². The fourth-order valence-corrected chi connectivity index (χ4v) is 3.07. The Morgan fingerprint density at radius 1 is 1.24 bits per heavy atom. The zero-order chi connectivity index (χ0) is 17.6. The lowest BCUT2D eigenvalue weighted by molar-refractivity contribution is 0.0890. The molecule has 128 valence electrons. The third kappa shape index (κ3) is 4.57. The van der Waals surface area contributed by atoms with Crippen molar-refractivity contribution in [1.29, 1.82) is 5.26 Å². The van der Waals surface area contributed by atoms with Crippen LogP contribution in [0.1, 0.15) is 47.2 Å². The summed E-state index contributed by atoms with van der Waals surface area (Å²) >= 11 is 0. The summed E-state index contributed by atoms with van der Waals surface area (Å²) in [6, 6.07) is 13.3. The average Bonchev–Trinajstić information content (AvgIpc) is 2.64. The van der Waals surface area contributed by atoms with Crippen LogP contribution in [0.3, 0.4) is 0 Å². The molecule has 0 unspecified atom stereocenters. The van der Waals surface area contributed by atoms with Gasteiger partial charge in [0, 0.05) is 23.9 Å². The number of ether oxygens (including phenoxy) is 1. The SMILES string of the molecule is Cc1cccc(C(=O)NC2CCC(Oc3ccc(C#N)cn3)CC2)c1. The van der Waals surface area contributed by atoms with Crippen LogP contribution in [-0.2, 0) is 0 Å². The first-order valence-corrected chi connectivity index (χ1v) is 8.54. The first-order valence-electron chi connectivity index (χ1n) is 8.54. The van der Waals surface area contributed by atoms with E-state index in [0.29, 0.717) is 17.0 Å². The maximum Gasteiger partial charge on any atom is 0.251 e. The number of carbonyl (C=O) groups is 1. The monoisotopic (exact) mass is 335 g/mol. The van der Waals surface area contributed by atoms with Crippen molar-refractivity contribution >= 4 is 5.91 Å². The molecule has 25 heavy (non-hydrogen) atoms. The van der Waals surface area contributed by atoms with Gasteiger partial charge in [0.25, 0.3) is 5.91 Å². The van der Waals surface area contributed by atoms with E-state index >= 15 is 0 Å². The van der Waals surface area contributed by atoms with Gasteiger partial charge in [-0.1, -0.05) is 17.7 Å². The maximum absolute atomic E-state index is 12.3. The van der Waals surface area contributed by atoms with Crippen LogP contribution in [0.5, 0.6) is 5.88 Å². The molecule has 0 saturated heterocycles. The third-order valence-electron chi connectivity index (χ3n) is 4.44. The van der Waals surface area contributed by atoms with Crippen molar-refractivity contribution in [2.24, 2.45) is 0 Å². The van der Waals surface area contributed by atoms with Crippen molar-refractivity contribution in [2.75, 3.05) is 0 Å². The van der Waals surface area contributed by atoms with Gasteiger partial charge in [0.2, 0.25) is 5.88 Å². The van der Waals surface area contributed by atoms with Gasteiger partial charge < -0.3 is 10.1 Å². The highest BCUT2D eigenvalue weighted by Crippen LogP contribution is 2.23. The summed E-state index contributed by atoms with van der Waals surface area (Å²) in [5, 5.41) is 11.9. The Bertz CT molecular complexity index is 772. The fourth-order valence-electron chi connectivity index (χ4n) is 3.07. The Morgan fingerprint density at radius 3 is 2.68 bits per heavy atom. The van der Waals surface area contributed by atoms with E-state index in [9.17, 15) is 4.79 Å². The van der Waals surface area contributed by atoms with E-state index < -0.39 is 0 Å². The summed E-state index contributed by atoms with van der Waals surface area (Å²) in [7, 11) is 0. The minimum absolute atomic E-state index is 0.0122. The number of rotatable bonds is 4. The second-order valence-electron chi connectivity index (χ2n) is 6.43. The predicted octanol–water partition coefficient (Wildman–Crippen LogP) is 3.38. The van der Waals surface area contributed by atoms with Crippen LogP contribution >= 0.6 is 0 Å². The molecule has 1 aromatic carbocycles. The van der Waals surface area contributed by atoms with Crippen LogP contribution in [0.25, 0.3) is 0 Å². The molecule has 1 aromatic heterocycles. The van der Waals surface area contributed by atoms with E-state index in [-0.39, 0.29) is 18.1 Å². The third-order valence-corrected chi connectivity index (χ3v) is 4.44. The zero-order valence-corrected chi connectivity index (χ0v) is 14.2. The summed E-state index contributed by atoms with van der Waals surface area (Å²) < 4.78 is 5.88. The highest BCUT2D eigenvalue weighted by Gasteiger charge is 2.24. The lowest BCUT2D eigenvalue weighted by Gasteiger charge is -2.29. The van der Waals surface area contributed by atoms with Gasteiger partial charge in [0.15, 0.2) is 0 Å². The first kappa shape index (κ1) is 17.0. The molecule has 1 fully saturated rings. The summed E-state index contributed by atoms with van der Waals surface area (Å²) in [6.45, 7) is 1.98. The van der Waals surface area contributed by atoms with Crippen LogP contribution < -0.4 is 10.1 Å². The van der Waals surface area contributed by atoms with Gasteiger partial charge in [-0.05, 0) is 50.8 Å². The molecular weight excluding hydrogens is 314 g/mol. The smallest absolute Gasteiger partial charge is 0.251 e. The Morgan fingerprint density at radius 2 is 2.04 bits per heavy atom. The molecule has 0 radical (unpaired) electrons. The number of hydrogen-bond donors (Lipinski definition) is 1. The van der Waals surface area contributed by atoms with E-state index in [1.165, 1.54) is 6.20 Å². The van der Waals surface area contributed by atoms with E-state index in [2.05, 4.69) is 10.3 Å². The number of amides is 1. The molecular formula is C20H21N3O2. The largest absolute Gasteiger partial charge is 0.474 e. The normalized spacial score (nSPS) is 19.7. The van der Waals surface area contributed by atoms with Crippen LogP contribution in [-0.4, -0.2) is 23.0 Å². The number of nitrogens with zero attached hydrogens (tertiary/aromatic N) is 2. The standard InChI is InChI=1S/C20H21N3O2/c1-14-3-2-4-16(11-14)20(24)23-17-6-8-18(9-7-17)25-19-10-5-15(12-21)13-22-19/h2-5,10-11,13,17-18H,6-9H2,1H3,(H,23,24). The number of benzene rings is 1. The Hall–Kier alpha value is -2.87. The van der Waals surface area contributed by atoms with Gasteiger partial charge in [-0.15, -0.1) is 0 Å². The Labute approximate surface area is 147 Å². The lowest BCUT2D eigenvalue weighted by Crippen LogP contribution is -2.39. The lowest BCUT2D eigenvalue weighted by atomic mass is 9.92. The molecule has 1 aliphatic carbocycles. The first-order chi connectivity index (χ1) is 12.1. The highest BCUT2D eigenvalue weighted by molar-refractivity contribution is 5.94. The van der Waals surface area contributed by atoms with Crippen LogP contribution in [0, 0.1) is 18.3 Å². The van der Waals surface area contributed by atoms with Crippen molar-refractivity contribution in [3.8, 4) is 11.9 Å². The van der Waals surface area contributed by atoms with Gasteiger partial charge in [0.05, 0.1) is 5.56 Å². The maximum atomic E-state index is 12.3. The fraction of sp³-hybridized carbons (Fsp3) is 0.350. The molecule has 5 heteroatoms. The number of aromatic nitrogens is 1. The molecule has 0 bridgehead atoms. The number of pyridine rings is 1. The summed E-state index contributed by atoms with van der Waals surface area (Å²) in [4.78, 5) is 16.5. The number of hydrogen-bond acceptors (Lipinski definition) is 4. The van der Waals surface area contributed by atoms with Gasteiger partial charge in [-0.2, -0.15) is 5.26 Å². The quantitative estimate of drug-likeness (QED) is 0.929. The molecule has 3 rings (SSSR count). The molecule has 1 amide bonds. The summed E-state index contributed by atoms with van der Waals surface area (Å²) in [5.41, 5.74) is 2.31. The molecule has 1 aliphatic rings. The van der Waals surface area contributed by atoms with Gasteiger partial charge in [0.1, 0.15) is 12.2 Å². The Kier molecular flexibility index (Phi) is 5.30. The number of nitrogens with one attached hydrogen (secondary N) is 1. The number of aryl methyl sites for hydroxylation is 1. The molecule has 1 saturated carbocycles. The van der Waals surface area contributed by atoms with Gasteiger partial charge in [-0.3, -0.25) is 4.79 Å². The topological polar surface area (TPSA) is 75.0 Å². The van der Waals surface area contributed by atoms with E-state index in [4.69, 9.17) is 10.00 Å². The molecule has 2 aromatic rings. The summed E-state index contributed by atoms with van der Waals surface area (Å²) in [5.74, 6) is 0.535. The zero-order valence-electron chi connectivity index (χ0n) is 14.2. The highest BCUT2D eigenvalue weighted by atomic mass is 16.5. The second-order valence-corrected chi connectivity index (χ2v) is 6.43. The van der Waals surface area contributed by atoms with E-state index in [1.54, 1.807) is 12.1 Å². The summed E-state index contributed by atoms with van der Waals surface area (Å²) in [6.07, 6.45) is 5.15. The molecule has 0 spiro atoms. The van der Waals surface area contributed by atoms with Crippen molar-refractivity contribution in [3.63, 3.8) is 0 Å². The second kappa shape index (κ2) is 7.80. The molecule has 0 aliphatic heterocycles. The predicted molar refractivity (Wildman–Crippen MR) is 94.3 cm³/mol. The van der Waals surface area contributed by atoms with Crippen molar-refractivity contribution in [1.82, 2.24) is 10.3 Å². The average molecular weight is 335 g/mol. The molecule has 1 heterocycles. The number of nitriles is 1. The molecule has 1 N–H and O–H groups in total. The van der Waals surface area contributed by atoms with E-state index in [1.807, 2.05) is 37.3 Å². The van der Waals surface area contributed by atoms with Gasteiger partial charge in [-0.25, -0.2) is 4.98 Å². The van der Waals surface area contributed by atoms with Crippen molar-refractivity contribution in [3.05, 3.63) is 59.3 Å². The van der Waals surface area contributed by atoms with Crippen LogP contribution in [0.15, 0.2) is 42.6 Å². The minimum atomic E-state index is -0.0122. The van der Waals surface area contributed by atoms with Crippen LogP contribution in [0.4, 0.5) is 0 Å². The van der Waals surface area contributed by atoms with Crippen LogP contribution in [0.2, 0.25) is 0 Å².